The summed E-state index contributed by atoms with van der Waals surface area (Å²) in [7, 11) is 0. The molecule has 26 heavy (non-hydrogen) atoms. The zero-order valence-electron chi connectivity index (χ0n) is 15.3. The van der Waals surface area contributed by atoms with Crippen LogP contribution in [0.1, 0.15) is 32.3 Å². The maximum absolute atomic E-state index is 11.9. The molecule has 1 aliphatic carbocycles. The Morgan fingerprint density at radius 2 is 1.85 bits per heavy atom. The Balaban J connectivity index is 1.55. The number of aromatic nitrogens is 1. The van der Waals surface area contributed by atoms with E-state index in [-0.39, 0.29) is 11.2 Å². The van der Waals surface area contributed by atoms with Crippen LogP contribution in [0.4, 0.5) is 5.69 Å². The lowest BCUT2D eigenvalue weighted by Gasteiger charge is -2.29. The molecule has 4 rings (SSSR count). The van der Waals surface area contributed by atoms with Crippen molar-refractivity contribution in [3.8, 4) is 10.6 Å². The summed E-state index contributed by atoms with van der Waals surface area (Å²) in [4.78, 5) is 16.7. The van der Waals surface area contributed by atoms with Crippen LogP contribution in [-0.2, 0) is 4.79 Å². The number of rotatable bonds is 3. The molecule has 1 aromatic heterocycles. The number of nitrogens with one attached hydrogen (secondary N) is 1. The standard InChI is InChI=1S/C22H22N2OS/c1-14-4-9-20-19(10-14)24-21(26-20)15-5-7-16(8-6-15)23-17-11-18(25)13-22(2,3)12-17/h4-11,23H,12-13H2,1-3H3. The second kappa shape index (κ2) is 6.36. The van der Waals surface area contributed by atoms with E-state index >= 15 is 0 Å². The lowest BCUT2D eigenvalue weighted by atomic mass is 9.79. The van der Waals surface area contributed by atoms with Crippen LogP contribution in [0.5, 0.6) is 0 Å². The number of nitrogens with zero attached hydrogens (tertiary/aromatic N) is 1. The number of thiazole rings is 1. The summed E-state index contributed by atoms with van der Waals surface area (Å²) < 4.78 is 1.21. The van der Waals surface area contributed by atoms with Crippen molar-refractivity contribution < 1.29 is 4.79 Å². The zero-order chi connectivity index (χ0) is 18.3. The van der Waals surface area contributed by atoms with Gasteiger partial charge in [0.05, 0.1) is 10.2 Å². The van der Waals surface area contributed by atoms with Crippen molar-refractivity contribution in [3.05, 3.63) is 59.8 Å². The van der Waals surface area contributed by atoms with Crippen molar-refractivity contribution in [3.63, 3.8) is 0 Å². The summed E-state index contributed by atoms with van der Waals surface area (Å²) >= 11 is 1.71. The van der Waals surface area contributed by atoms with Crippen molar-refractivity contribution in [1.29, 1.82) is 0 Å². The molecule has 0 fully saturated rings. The molecule has 0 unspecified atom stereocenters. The molecule has 1 aliphatic rings. The fraction of sp³-hybridized carbons (Fsp3) is 0.273. The minimum atomic E-state index is 0.0211. The molecular formula is C22H22N2OS. The number of aryl methyl sites for hydroxylation is 1. The average molecular weight is 362 g/mol. The van der Waals surface area contributed by atoms with Crippen molar-refractivity contribution in [2.24, 2.45) is 5.41 Å². The third kappa shape index (κ3) is 3.56. The molecular weight excluding hydrogens is 340 g/mol. The number of carbonyl (C=O) groups is 1. The quantitative estimate of drug-likeness (QED) is 0.625. The van der Waals surface area contributed by atoms with Gasteiger partial charge in [0.15, 0.2) is 5.78 Å². The summed E-state index contributed by atoms with van der Waals surface area (Å²) in [6.45, 7) is 6.36. The van der Waals surface area contributed by atoms with Crippen LogP contribution in [0.25, 0.3) is 20.8 Å². The van der Waals surface area contributed by atoms with E-state index in [2.05, 4.69) is 68.6 Å². The van der Waals surface area contributed by atoms with Gasteiger partial charge in [0.2, 0.25) is 0 Å². The third-order valence-corrected chi connectivity index (χ3v) is 5.72. The van der Waals surface area contributed by atoms with Crippen molar-refractivity contribution in [1.82, 2.24) is 4.98 Å². The Bertz CT molecular complexity index is 1010. The molecule has 0 saturated heterocycles. The third-order valence-electron chi connectivity index (χ3n) is 4.64. The minimum absolute atomic E-state index is 0.0211. The number of anilines is 1. The molecule has 0 saturated carbocycles. The highest BCUT2D eigenvalue weighted by atomic mass is 32.1. The molecule has 2 aromatic carbocycles. The van der Waals surface area contributed by atoms with Gasteiger partial charge in [0, 0.05) is 29.4 Å². The molecule has 132 valence electrons. The largest absolute Gasteiger partial charge is 0.359 e. The van der Waals surface area contributed by atoms with Gasteiger partial charge in [-0.05, 0) is 60.7 Å². The van der Waals surface area contributed by atoms with Crippen LogP contribution in [0, 0.1) is 12.3 Å². The summed E-state index contributed by atoms with van der Waals surface area (Å²) in [5, 5.41) is 4.44. The highest BCUT2D eigenvalue weighted by molar-refractivity contribution is 7.21. The number of carbonyl (C=O) groups excluding carboxylic acids is 1. The van der Waals surface area contributed by atoms with E-state index in [0.29, 0.717) is 6.42 Å². The van der Waals surface area contributed by atoms with Crippen LogP contribution in [0.2, 0.25) is 0 Å². The van der Waals surface area contributed by atoms with E-state index in [1.165, 1.54) is 10.3 Å². The number of benzene rings is 2. The SMILES string of the molecule is Cc1ccc2sc(-c3ccc(NC4=CC(=O)CC(C)(C)C4)cc3)nc2c1. The normalized spacial score (nSPS) is 16.6. The smallest absolute Gasteiger partial charge is 0.157 e. The Morgan fingerprint density at radius 1 is 1.08 bits per heavy atom. The second-order valence-corrected chi connectivity index (χ2v) is 8.88. The predicted octanol–water partition coefficient (Wildman–Crippen LogP) is 5.96. The Kier molecular flexibility index (Phi) is 4.16. The first-order chi connectivity index (χ1) is 12.4. The zero-order valence-corrected chi connectivity index (χ0v) is 16.1. The molecule has 4 heteroatoms. The summed E-state index contributed by atoms with van der Waals surface area (Å²) in [5.41, 5.74) is 5.42. The number of allylic oxidation sites excluding steroid dienone is 2. The topological polar surface area (TPSA) is 42.0 Å². The highest BCUT2D eigenvalue weighted by Crippen LogP contribution is 2.35. The van der Waals surface area contributed by atoms with Gasteiger partial charge in [-0.25, -0.2) is 4.98 Å². The van der Waals surface area contributed by atoms with Crippen LogP contribution in [0.3, 0.4) is 0 Å². The van der Waals surface area contributed by atoms with Crippen LogP contribution < -0.4 is 5.32 Å². The molecule has 1 N–H and O–H groups in total. The first-order valence-corrected chi connectivity index (χ1v) is 9.68. The molecule has 0 atom stereocenters. The van der Waals surface area contributed by atoms with Gasteiger partial charge in [-0.3, -0.25) is 4.79 Å². The van der Waals surface area contributed by atoms with Gasteiger partial charge in [-0.2, -0.15) is 0 Å². The summed E-state index contributed by atoms with van der Waals surface area (Å²) in [6.07, 6.45) is 3.25. The first kappa shape index (κ1) is 17.0. The van der Waals surface area contributed by atoms with Gasteiger partial charge in [-0.1, -0.05) is 19.9 Å². The number of fused-ring (bicyclic) bond motifs is 1. The van der Waals surface area contributed by atoms with Crippen molar-refractivity contribution in [2.45, 2.75) is 33.6 Å². The van der Waals surface area contributed by atoms with E-state index < -0.39 is 0 Å². The summed E-state index contributed by atoms with van der Waals surface area (Å²) in [5.74, 6) is 0.199. The van der Waals surface area contributed by atoms with E-state index in [0.717, 1.165) is 33.9 Å². The van der Waals surface area contributed by atoms with Crippen molar-refractivity contribution >= 4 is 33.0 Å². The first-order valence-electron chi connectivity index (χ1n) is 8.86. The summed E-state index contributed by atoms with van der Waals surface area (Å²) in [6, 6.07) is 14.7. The molecule has 0 amide bonds. The van der Waals surface area contributed by atoms with Gasteiger partial charge in [0.1, 0.15) is 5.01 Å². The van der Waals surface area contributed by atoms with Gasteiger partial charge in [0.25, 0.3) is 0 Å². The molecule has 0 radical (unpaired) electrons. The lowest BCUT2D eigenvalue weighted by Crippen LogP contribution is -2.24. The maximum atomic E-state index is 11.9. The van der Waals surface area contributed by atoms with E-state index in [9.17, 15) is 4.79 Å². The Hall–Kier alpha value is -2.46. The number of hydrogen-bond acceptors (Lipinski definition) is 4. The molecule has 1 heterocycles. The highest BCUT2D eigenvalue weighted by Gasteiger charge is 2.27. The minimum Gasteiger partial charge on any atom is -0.359 e. The Labute approximate surface area is 157 Å². The predicted molar refractivity (Wildman–Crippen MR) is 110 cm³/mol. The van der Waals surface area contributed by atoms with E-state index in [4.69, 9.17) is 4.98 Å². The Morgan fingerprint density at radius 3 is 2.58 bits per heavy atom. The molecule has 0 bridgehead atoms. The molecule has 0 aliphatic heterocycles. The number of hydrogen-bond donors (Lipinski definition) is 1. The maximum Gasteiger partial charge on any atom is 0.157 e. The van der Waals surface area contributed by atoms with Gasteiger partial charge in [-0.15, -0.1) is 11.3 Å². The van der Waals surface area contributed by atoms with E-state index in [1.54, 1.807) is 17.4 Å². The molecule has 0 spiro atoms. The average Bonchev–Trinajstić information content (AvgIpc) is 2.96. The van der Waals surface area contributed by atoms with Crippen molar-refractivity contribution in [2.75, 3.05) is 5.32 Å². The van der Waals surface area contributed by atoms with Gasteiger partial charge >= 0.3 is 0 Å². The lowest BCUT2D eigenvalue weighted by molar-refractivity contribution is -0.117. The number of ketones is 1. The molecule has 3 nitrogen and oxygen atoms in total. The molecule has 3 aromatic rings. The fourth-order valence-corrected chi connectivity index (χ4v) is 4.42. The van der Waals surface area contributed by atoms with Crippen LogP contribution >= 0.6 is 11.3 Å². The van der Waals surface area contributed by atoms with Crippen LogP contribution in [-0.4, -0.2) is 10.8 Å². The van der Waals surface area contributed by atoms with Crippen LogP contribution in [0.15, 0.2) is 54.2 Å². The van der Waals surface area contributed by atoms with E-state index in [1.807, 2.05) is 0 Å². The fourth-order valence-electron chi connectivity index (χ4n) is 3.47. The second-order valence-electron chi connectivity index (χ2n) is 7.85. The van der Waals surface area contributed by atoms with Gasteiger partial charge < -0.3 is 5.32 Å². The monoisotopic (exact) mass is 362 g/mol.